The second kappa shape index (κ2) is 10.0. The summed E-state index contributed by atoms with van der Waals surface area (Å²) in [4.78, 5) is 16.8. The van der Waals surface area contributed by atoms with Crippen LogP contribution in [0.3, 0.4) is 0 Å². The van der Waals surface area contributed by atoms with E-state index in [1.54, 1.807) is 24.3 Å². The summed E-state index contributed by atoms with van der Waals surface area (Å²) in [5, 5.41) is 5.12. The number of hydrogen-bond donors (Lipinski definition) is 2. The molecular weight excluding hydrogens is 418 g/mol. The van der Waals surface area contributed by atoms with Crippen LogP contribution in [0.2, 0.25) is 0 Å². The van der Waals surface area contributed by atoms with Gasteiger partial charge >= 0.3 is 0 Å². The standard InChI is InChI=1S/C22H31N3O3S2/c1-4-24-30(27,28)18-8-7-17(3)19(14-18)22(26)23-15-20(21-6-5-13-29-21)25-11-9-16(2)10-12-25/h5-8,13-14,16,20,24H,4,9-12,15H2,1-3H3,(H,23,26). The Labute approximate surface area is 183 Å². The van der Waals surface area contributed by atoms with Crippen LogP contribution in [0.25, 0.3) is 0 Å². The number of rotatable bonds is 8. The van der Waals surface area contributed by atoms with E-state index in [0.29, 0.717) is 18.7 Å². The van der Waals surface area contributed by atoms with Crippen molar-refractivity contribution in [3.05, 3.63) is 51.7 Å². The number of sulfonamides is 1. The Morgan fingerprint density at radius 2 is 2.00 bits per heavy atom. The highest BCUT2D eigenvalue weighted by Crippen LogP contribution is 2.29. The van der Waals surface area contributed by atoms with Crippen LogP contribution in [0.1, 0.15) is 53.5 Å². The predicted octanol–water partition coefficient (Wildman–Crippen LogP) is 3.56. The molecule has 2 N–H and O–H groups in total. The van der Waals surface area contributed by atoms with Gasteiger partial charge < -0.3 is 5.32 Å². The molecule has 2 aromatic rings. The van der Waals surface area contributed by atoms with Crippen LogP contribution in [0.15, 0.2) is 40.6 Å². The SMILES string of the molecule is CCNS(=O)(=O)c1ccc(C)c(C(=O)NCC(c2cccs2)N2CCC(C)CC2)c1. The minimum atomic E-state index is -3.61. The number of carbonyl (C=O) groups is 1. The van der Waals surface area contributed by atoms with Crippen LogP contribution < -0.4 is 10.0 Å². The monoisotopic (exact) mass is 449 g/mol. The molecule has 164 valence electrons. The van der Waals surface area contributed by atoms with Crippen molar-refractivity contribution < 1.29 is 13.2 Å². The van der Waals surface area contributed by atoms with Gasteiger partial charge in [0.15, 0.2) is 0 Å². The van der Waals surface area contributed by atoms with Gasteiger partial charge in [-0.1, -0.05) is 26.0 Å². The van der Waals surface area contributed by atoms with Crippen LogP contribution >= 0.6 is 11.3 Å². The molecule has 6 nitrogen and oxygen atoms in total. The van der Waals surface area contributed by atoms with Gasteiger partial charge in [-0.2, -0.15) is 0 Å². The topological polar surface area (TPSA) is 78.5 Å². The number of nitrogens with one attached hydrogen (secondary N) is 2. The van der Waals surface area contributed by atoms with E-state index in [-0.39, 0.29) is 16.8 Å². The summed E-state index contributed by atoms with van der Waals surface area (Å²) in [6, 6.07) is 8.98. The first-order valence-corrected chi connectivity index (χ1v) is 12.8. The number of aryl methyl sites for hydroxylation is 1. The lowest BCUT2D eigenvalue weighted by atomic mass is 9.97. The molecule has 1 fully saturated rings. The first kappa shape index (κ1) is 22.9. The summed E-state index contributed by atoms with van der Waals surface area (Å²) in [5.74, 6) is 0.497. The molecule has 2 heterocycles. The summed E-state index contributed by atoms with van der Waals surface area (Å²) in [5.41, 5.74) is 1.15. The van der Waals surface area contributed by atoms with E-state index in [2.05, 4.69) is 33.3 Å². The number of carbonyl (C=O) groups excluding carboxylic acids is 1. The third-order valence-electron chi connectivity index (χ3n) is 5.68. The van der Waals surface area contributed by atoms with Gasteiger partial charge in [-0.05, 0) is 67.9 Å². The van der Waals surface area contributed by atoms with Crippen molar-refractivity contribution in [2.75, 3.05) is 26.2 Å². The van der Waals surface area contributed by atoms with Crippen molar-refractivity contribution in [2.45, 2.75) is 44.6 Å². The van der Waals surface area contributed by atoms with Crippen LogP contribution in [-0.4, -0.2) is 45.4 Å². The fourth-order valence-electron chi connectivity index (χ4n) is 3.80. The second-order valence-electron chi connectivity index (χ2n) is 7.94. The molecule has 30 heavy (non-hydrogen) atoms. The number of hydrogen-bond acceptors (Lipinski definition) is 5. The zero-order chi connectivity index (χ0) is 21.7. The molecule has 0 aliphatic carbocycles. The Hall–Kier alpha value is -1.74. The quantitative estimate of drug-likeness (QED) is 0.646. The highest BCUT2D eigenvalue weighted by Gasteiger charge is 2.26. The lowest BCUT2D eigenvalue weighted by Gasteiger charge is -2.36. The minimum Gasteiger partial charge on any atom is -0.350 e. The molecule has 1 aromatic carbocycles. The van der Waals surface area contributed by atoms with Gasteiger partial charge in [0.05, 0.1) is 10.9 Å². The first-order chi connectivity index (χ1) is 14.3. The van der Waals surface area contributed by atoms with E-state index in [4.69, 9.17) is 0 Å². The predicted molar refractivity (Wildman–Crippen MR) is 121 cm³/mol. The average Bonchev–Trinajstić information content (AvgIpc) is 3.24. The van der Waals surface area contributed by atoms with Crippen molar-refractivity contribution in [2.24, 2.45) is 5.92 Å². The lowest BCUT2D eigenvalue weighted by Crippen LogP contribution is -2.41. The van der Waals surface area contributed by atoms with E-state index in [0.717, 1.165) is 24.6 Å². The van der Waals surface area contributed by atoms with Crippen molar-refractivity contribution in [1.29, 1.82) is 0 Å². The summed E-state index contributed by atoms with van der Waals surface area (Å²) >= 11 is 1.71. The fourth-order valence-corrected chi connectivity index (χ4v) is 5.73. The Morgan fingerprint density at radius 1 is 1.27 bits per heavy atom. The Kier molecular flexibility index (Phi) is 7.68. The molecule has 1 amide bonds. The molecule has 1 aliphatic rings. The maximum atomic E-state index is 13.0. The molecule has 0 bridgehead atoms. The largest absolute Gasteiger partial charge is 0.350 e. The molecule has 3 rings (SSSR count). The lowest BCUT2D eigenvalue weighted by molar-refractivity contribution is 0.0914. The molecular formula is C22H31N3O3S2. The summed E-state index contributed by atoms with van der Waals surface area (Å²) in [7, 11) is -3.61. The van der Waals surface area contributed by atoms with E-state index in [1.165, 1.54) is 29.9 Å². The molecule has 0 radical (unpaired) electrons. The highest BCUT2D eigenvalue weighted by molar-refractivity contribution is 7.89. The van der Waals surface area contributed by atoms with Gasteiger partial charge in [0.25, 0.3) is 5.91 Å². The molecule has 1 saturated heterocycles. The van der Waals surface area contributed by atoms with E-state index < -0.39 is 10.0 Å². The smallest absolute Gasteiger partial charge is 0.251 e. The van der Waals surface area contributed by atoms with E-state index >= 15 is 0 Å². The van der Waals surface area contributed by atoms with Crippen LogP contribution in [0.4, 0.5) is 0 Å². The molecule has 1 aromatic heterocycles. The van der Waals surface area contributed by atoms with Crippen molar-refractivity contribution in [3.63, 3.8) is 0 Å². The highest BCUT2D eigenvalue weighted by atomic mass is 32.2. The van der Waals surface area contributed by atoms with Crippen LogP contribution in [0, 0.1) is 12.8 Å². The summed E-state index contributed by atoms with van der Waals surface area (Å²) in [6.07, 6.45) is 2.33. The zero-order valence-corrected chi connectivity index (χ0v) is 19.5. The first-order valence-electron chi connectivity index (χ1n) is 10.5. The minimum absolute atomic E-state index is 0.111. The maximum Gasteiger partial charge on any atom is 0.251 e. The Balaban J connectivity index is 1.76. The van der Waals surface area contributed by atoms with Crippen LogP contribution in [0.5, 0.6) is 0 Å². The number of thiophene rings is 1. The van der Waals surface area contributed by atoms with Gasteiger partial charge in [-0.3, -0.25) is 9.69 Å². The van der Waals surface area contributed by atoms with Crippen molar-refractivity contribution in [1.82, 2.24) is 14.9 Å². The van der Waals surface area contributed by atoms with Gasteiger partial charge in [0, 0.05) is 23.5 Å². The summed E-state index contributed by atoms with van der Waals surface area (Å²) in [6.45, 7) is 8.68. The van der Waals surface area contributed by atoms with Crippen LogP contribution in [-0.2, 0) is 10.0 Å². The van der Waals surface area contributed by atoms with Gasteiger partial charge in [-0.15, -0.1) is 11.3 Å². The molecule has 0 saturated carbocycles. The van der Waals surface area contributed by atoms with E-state index in [9.17, 15) is 13.2 Å². The molecule has 1 aliphatic heterocycles. The third-order valence-corrected chi connectivity index (χ3v) is 8.20. The normalized spacial score (nSPS) is 17.0. The maximum absolute atomic E-state index is 13.0. The summed E-state index contributed by atoms with van der Waals surface area (Å²) < 4.78 is 27.1. The van der Waals surface area contributed by atoms with Gasteiger partial charge in [0.1, 0.15) is 0 Å². The second-order valence-corrected chi connectivity index (χ2v) is 10.7. The molecule has 1 unspecified atom stereocenters. The molecule has 1 atom stereocenters. The number of amides is 1. The third kappa shape index (κ3) is 5.49. The van der Waals surface area contributed by atoms with Gasteiger partial charge in [-0.25, -0.2) is 13.1 Å². The number of nitrogens with zero attached hydrogens (tertiary/aromatic N) is 1. The Bertz CT molecular complexity index is 950. The van der Waals surface area contributed by atoms with Gasteiger partial charge in [0.2, 0.25) is 10.0 Å². The zero-order valence-electron chi connectivity index (χ0n) is 17.8. The number of piperidine rings is 1. The van der Waals surface area contributed by atoms with E-state index in [1.807, 2.05) is 13.0 Å². The number of likely N-dealkylation sites (tertiary alicyclic amines) is 1. The number of benzene rings is 1. The molecule has 0 spiro atoms. The van der Waals surface area contributed by atoms with Crippen molar-refractivity contribution >= 4 is 27.3 Å². The Morgan fingerprint density at radius 3 is 2.63 bits per heavy atom. The fraction of sp³-hybridized carbons (Fsp3) is 0.500. The molecule has 8 heteroatoms. The average molecular weight is 450 g/mol. The van der Waals surface area contributed by atoms with Crippen molar-refractivity contribution in [3.8, 4) is 0 Å².